The predicted molar refractivity (Wildman–Crippen MR) is 260 cm³/mol. The molecule has 2 unspecified atom stereocenters. The van der Waals surface area contributed by atoms with Gasteiger partial charge in [0.2, 0.25) is 5.91 Å². The van der Waals surface area contributed by atoms with E-state index in [1.165, 1.54) is 212 Å². The molecule has 0 fully saturated rings. The van der Waals surface area contributed by atoms with Crippen molar-refractivity contribution in [1.82, 2.24) is 5.32 Å². The number of aliphatic hydroxyl groups excluding tert-OH is 2. The van der Waals surface area contributed by atoms with Gasteiger partial charge >= 0.3 is 5.97 Å². The third-order valence-electron chi connectivity index (χ3n) is 12.2. The first-order chi connectivity index (χ1) is 29.5. The minimum atomic E-state index is -0.847. The van der Waals surface area contributed by atoms with E-state index in [-0.39, 0.29) is 18.5 Å². The third kappa shape index (κ3) is 45.9. The average Bonchev–Trinajstić information content (AvgIpc) is 3.25. The average molecular weight is 846 g/mol. The molecule has 1 amide bonds. The van der Waals surface area contributed by atoms with E-state index in [2.05, 4.69) is 31.3 Å². The molecule has 0 saturated heterocycles. The molecule has 3 N–H and O–H groups in total. The summed E-state index contributed by atoms with van der Waals surface area (Å²) >= 11 is 0. The van der Waals surface area contributed by atoms with Gasteiger partial charge in [-0.25, -0.2) is 0 Å². The van der Waals surface area contributed by atoms with E-state index in [0.29, 0.717) is 19.4 Å². The molecule has 2 atom stereocenters. The van der Waals surface area contributed by atoms with Crippen molar-refractivity contribution in [1.29, 1.82) is 0 Å². The maximum absolute atomic E-state index is 12.4. The summed E-state index contributed by atoms with van der Waals surface area (Å²) in [5.74, 6) is -0.0702. The van der Waals surface area contributed by atoms with Gasteiger partial charge in [0.15, 0.2) is 0 Å². The molecule has 0 radical (unpaired) electrons. The van der Waals surface area contributed by atoms with Gasteiger partial charge in [-0.3, -0.25) is 9.59 Å². The quantitative estimate of drug-likeness (QED) is 0.0322. The monoisotopic (exact) mass is 846 g/mol. The fourth-order valence-electron chi connectivity index (χ4n) is 8.10. The molecular weight excluding hydrogens is 743 g/mol. The van der Waals surface area contributed by atoms with E-state index in [1.54, 1.807) is 6.08 Å². The van der Waals surface area contributed by atoms with Crippen molar-refractivity contribution in [2.45, 2.75) is 296 Å². The minimum absolute atomic E-state index is 0.00686. The molecule has 0 aromatic rings. The molecule has 60 heavy (non-hydrogen) atoms. The lowest BCUT2D eigenvalue weighted by molar-refractivity contribution is -0.143. The number of carbonyl (C=O) groups excluding carboxylic acids is 2. The van der Waals surface area contributed by atoms with Crippen molar-refractivity contribution >= 4 is 11.9 Å². The lowest BCUT2D eigenvalue weighted by Gasteiger charge is -2.20. The summed E-state index contributed by atoms with van der Waals surface area (Å²) in [6.45, 7) is 4.88. The Morgan fingerprint density at radius 1 is 0.450 bits per heavy atom. The van der Waals surface area contributed by atoms with Gasteiger partial charge in [0.25, 0.3) is 0 Å². The zero-order valence-corrected chi connectivity index (χ0v) is 40.2. The molecule has 0 bridgehead atoms. The lowest BCUT2D eigenvalue weighted by Crippen LogP contribution is -2.45. The van der Waals surface area contributed by atoms with Crippen molar-refractivity contribution in [3.63, 3.8) is 0 Å². The number of unbranched alkanes of at least 4 members (excludes halogenated alkanes) is 36. The number of amides is 1. The van der Waals surface area contributed by atoms with Crippen LogP contribution in [0.25, 0.3) is 0 Å². The first kappa shape index (κ1) is 58.3. The molecule has 0 aromatic carbocycles. The van der Waals surface area contributed by atoms with Crippen LogP contribution in [0.3, 0.4) is 0 Å². The van der Waals surface area contributed by atoms with Crippen LogP contribution in [0, 0.1) is 0 Å². The molecule has 354 valence electrons. The SMILES string of the molecule is CCCCCCCCCCC/C=C/C(O)C(CO)NC(=O)CCCCCCCCC/C=C\CCCCCCCCCCCCOC(=O)CCCCCCCCCCCCC. The topological polar surface area (TPSA) is 95.9 Å². The van der Waals surface area contributed by atoms with E-state index in [9.17, 15) is 19.8 Å². The highest BCUT2D eigenvalue weighted by Gasteiger charge is 2.18. The van der Waals surface area contributed by atoms with E-state index in [4.69, 9.17) is 4.74 Å². The van der Waals surface area contributed by atoms with Gasteiger partial charge in [-0.2, -0.15) is 0 Å². The molecule has 0 rings (SSSR count). The van der Waals surface area contributed by atoms with Crippen molar-refractivity contribution in [3.8, 4) is 0 Å². The smallest absolute Gasteiger partial charge is 0.305 e. The number of hydrogen-bond acceptors (Lipinski definition) is 5. The standard InChI is InChI=1S/C54H103NO5/c1-3-5-7-9-11-13-26-30-34-38-42-46-52(57)51(50-56)55-53(58)47-43-39-35-31-28-24-22-20-18-16-15-17-19-21-23-25-29-33-37-41-45-49-60-54(59)48-44-40-36-32-27-14-12-10-8-6-4-2/h16,18,42,46,51-52,56-57H,3-15,17,19-41,43-45,47-50H2,1-2H3,(H,55,58)/b18-16-,46-42+. The molecule has 0 heterocycles. The Morgan fingerprint density at radius 3 is 1.18 bits per heavy atom. The highest BCUT2D eigenvalue weighted by Crippen LogP contribution is 2.16. The number of esters is 1. The number of aliphatic hydroxyl groups is 2. The number of carbonyl (C=O) groups is 2. The van der Waals surface area contributed by atoms with E-state index < -0.39 is 12.1 Å². The first-order valence-corrected chi connectivity index (χ1v) is 26.6. The Bertz CT molecular complexity index is 935. The zero-order valence-electron chi connectivity index (χ0n) is 40.2. The van der Waals surface area contributed by atoms with Crippen LogP contribution in [0.2, 0.25) is 0 Å². The Morgan fingerprint density at radius 2 is 0.783 bits per heavy atom. The summed E-state index contributed by atoms with van der Waals surface area (Å²) in [7, 11) is 0. The fraction of sp³-hybridized carbons (Fsp3) is 0.889. The number of hydrogen-bond donors (Lipinski definition) is 3. The van der Waals surface area contributed by atoms with Crippen molar-refractivity contribution in [3.05, 3.63) is 24.3 Å². The third-order valence-corrected chi connectivity index (χ3v) is 12.2. The van der Waals surface area contributed by atoms with Gasteiger partial charge in [0, 0.05) is 12.8 Å². The molecule has 0 aliphatic carbocycles. The van der Waals surface area contributed by atoms with Crippen LogP contribution >= 0.6 is 0 Å². The van der Waals surface area contributed by atoms with Crippen molar-refractivity contribution in [2.24, 2.45) is 0 Å². The summed E-state index contributed by atoms with van der Waals surface area (Å²) < 4.78 is 5.45. The van der Waals surface area contributed by atoms with Crippen molar-refractivity contribution < 1.29 is 24.5 Å². The second-order valence-corrected chi connectivity index (χ2v) is 18.2. The normalized spacial score (nSPS) is 12.8. The van der Waals surface area contributed by atoms with Gasteiger partial charge in [-0.15, -0.1) is 0 Å². The van der Waals surface area contributed by atoms with Gasteiger partial charge in [0.1, 0.15) is 0 Å². The predicted octanol–water partition coefficient (Wildman–Crippen LogP) is 15.9. The summed E-state index contributed by atoms with van der Waals surface area (Å²) in [6, 6.07) is -0.631. The lowest BCUT2D eigenvalue weighted by atomic mass is 10.0. The molecular formula is C54H103NO5. The molecule has 0 aromatic heterocycles. The Labute approximate surface area is 373 Å². The molecule has 0 aliphatic heterocycles. The Kier molecular flexibility index (Phi) is 48.6. The van der Waals surface area contributed by atoms with Gasteiger partial charge in [0.05, 0.1) is 25.4 Å². The van der Waals surface area contributed by atoms with Crippen LogP contribution in [0.1, 0.15) is 284 Å². The van der Waals surface area contributed by atoms with Crippen molar-refractivity contribution in [2.75, 3.05) is 13.2 Å². The maximum atomic E-state index is 12.4. The Hall–Kier alpha value is -1.66. The zero-order chi connectivity index (χ0) is 43.7. The largest absolute Gasteiger partial charge is 0.466 e. The molecule has 0 spiro atoms. The summed E-state index contributed by atoms with van der Waals surface area (Å²) in [6.07, 6.45) is 59.0. The van der Waals surface area contributed by atoms with Crippen LogP contribution in [0.15, 0.2) is 24.3 Å². The van der Waals surface area contributed by atoms with E-state index in [1.807, 2.05) is 6.08 Å². The highest BCUT2D eigenvalue weighted by molar-refractivity contribution is 5.76. The van der Waals surface area contributed by atoms with Crippen LogP contribution < -0.4 is 5.32 Å². The van der Waals surface area contributed by atoms with Gasteiger partial charge < -0.3 is 20.3 Å². The van der Waals surface area contributed by atoms with Crippen LogP contribution in [-0.4, -0.2) is 47.4 Å². The van der Waals surface area contributed by atoms with E-state index >= 15 is 0 Å². The number of allylic oxidation sites excluding steroid dienone is 3. The number of rotatable bonds is 49. The fourth-order valence-corrected chi connectivity index (χ4v) is 8.10. The van der Waals surface area contributed by atoms with Crippen LogP contribution in [0.5, 0.6) is 0 Å². The maximum Gasteiger partial charge on any atom is 0.305 e. The highest BCUT2D eigenvalue weighted by atomic mass is 16.5. The van der Waals surface area contributed by atoms with Crippen LogP contribution in [-0.2, 0) is 14.3 Å². The summed E-state index contributed by atoms with van der Waals surface area (Å²) in [5.41, 5.74) is 0. The molecule has 6 heteroatoms. The van der Waals surface area contributed by atoms with E-state index in [0.717, 1.165) is 44.9 Å². The Balaban J connectivity index is 3.44. The molecule has 6 nitrogen and oxygen atoms in total. The second-order valence-electron chi connectivity index (χ2n) is 18.2. The minimum Gasteiger partial charge on any atom is -0.466 e. The first-order valence-electron chi connectivity index (χ1n) is 26.6. The molecule has 0 saturated carbocycles. The molecule has 0 aliphatic rings. The van der Waals surface area contributed by atoms with Crippen LogP contribution in [0.4, 0.5) is 0 Å². The number of ether oxygens (including phenoxy) is 1. The van der Waals surface area contributed by atoms with Gasteiger partial charge in [-0.05, 0) is 57.8 Å². The summed E-state index contributed by atoms with van der Waals surface area (Å²) in [4.78, 5) is 24.4. The van der Waals surface area contributed by atoms with Gasteiger partial charge in [-0.1, -0.05) is 237 Å². The second kappa shape index (κ2) is 50.0. The summed E-state index contributed by atoms with van der Waals surface area (Å²) in [5, 5.41) is 23.0. The number of nitrogens with one attached hydrogen (secondary N) is 1.